The third kappa shape index (κ3) is 6.16. The van der Waals surface area contributed by atoms with Crippen LogP contribution in [0.2, 0.25) is 0 Å². The molecule has 0 spiro atoms. The average molecular weight is 220 g/mol. The van der Waals surface area contributed by atoms with E-state index in [1.165, 1.54) is 6.26 Å². The van der Waals surface area contributed by atoms with Gasteiger partial charge in [-0.3, -0.25) is 0 Å². The van der Waals surface area contributed by atoms with E-state index in [0.29, 0.717) is 11.5 Å². The van der Waals surface area contributed by atoms with Crippen LogP contribution in [-0.4, -0.2) is 32.1 Å². The molecule has 0 saturated heterocycles. The van der Waals surface area contributed by atoms with Crippen molar-refractivity contribution in [2.24, 2.45) is 11.8 Å². The first kappa shape index (κ1) is 13.7. The normalized spacial score (nSPS) is 14.4. The van der Waals surface area contributed by atoms with Gasteiger partial charge in [-0.25, -0.2) is 8.42 Å². The molecule has 0 aliphatic rings. The summed E-state index contributed by atoms with van der Waals surface area (Å²) >= 11 is 0. The zero-order valence-electron chi connectivity index (χ0n) is 9.16. The summed E-state index contributed by atoms with van der Waals surface area (Å²) in [5, 5.41) is 9.09. The summed E-state index contributed by atoms with van der Waals surface area (Å²) in [6, 6.07) is 0. The van der Waals surface area contributed by atoms with Gasteiger partial charge >= 0.3 is 0 Å². The van der Waals surface area contributed by atoms with Gasteiger partial charge in [0.05, 0.1) is 5.75 Å². The van der Waals surface area contributed by atoms with Crippen molar-refractivity contribution in [2.75, 3.05) is 18.6 Å². The molecular weight excluding hydrogens is 200 g/mol. The van der Waals surface area contributed by atoms with Gasteiger partial charge in [-0.15, -0.1) is 0 Å². The second-order valence-corrected chi connectivity index (χ2v) is 6.38. The molecule has 0 aromatic rings. The second kappa shape index (κ2) is 5.51. The van der Waals surface area contributed by atoms with Crippen molar-refractivity contribution in [3.8, 4) is 0 Å². The van der Waals surface area contributed by atoms with Crippen molar-refractivity contribution in [1.82, 2.24) is 0 Å². The molecule has 84 valence electrons. The Labute approximate surface area is 86.8 Å². The molecule has 0 aliphatic heterocycles. The predicted octanol–water partition coefficient (Wildman–Crippen LogP) is 1.24. The van der Waals surface area contributed by atoms with Gasteiger partial charge in [-0.2, -0.15) is 0 Å². The van der Waals surface area contributed by atoms with E-state index < -0.39 is 9.84 Å². The van der Waals surface area contributed by atoms with E-state index in [1.807, 2.05) is 13.8 Å². The lowest BCUT2D eigenvalue weighted by molar-refractivity contribution is 0.228. The fourth-order valence-corrected chi connectivity index (χ4v) is 2.30. The topological polar surface area (TPSA) is 54.4 Å². The zero-order chi connectivity index (χ0) is 11.4. The lowest BCUT2D eigenvalue weighted by atomic mass is 9.92. The van der Waals surface area contributed by atoms with Crippen molar-refractivity contribution in [3.63, 3.8) is 0 Å². The summed E-state index contributed by atoms with van der Waals surface area (Å²) in [6.45, 7) is 7.78. The van der Waals surface area contributed by atoms with E-state index in [4.69, 9.17) is 5.11 Å². The maximum Gasteiger partial charge on any atom is 0.151 e. The van der Waals surface area contributed by atoms with E-state index >= 15 is 0 Å². The van der Waals surface area contributed by atoms with Crippen molar-refractivity contribution >= 4 is 9.84 Å². The highest BCUT2D eigenvalue weighted by molar-refractivity contribution is 7.90. The van der Waals surface area contributed by atoms with Gasteiger partial charge in [0.15, 0.2) is 9.84 Å². The minimum absolute atomic E-state index is 0.0213. The van der Waals surface area contributed by atoms with Crippen molar-refractivity contribution in [3.05, 3.63) is 12.2 Å². The fraction of sp³-hybridized carbons (Fsp3) is 0.800. The summed E-state index contributed by atoms with van der Waals surface area (Å²) < 4.78 is 22.0. The van der Waals surface area contributed by atoms with E-state index in [2.05, 4.69) is 6.58 Å². The molecule has 3 nitrogen and oxygen atoms in total. The molecule has 0 bridgehead atoms. The van der Waals surface area contributed by atoms with Crippen LogP contribution in [0, 0.1) is 11.8 Å². The lowest BCUT2D eigenvalue weighted by Crippen LogP contribution is -2.17. The summed E-state index contributed by atoms with van der Waals surface area (Å²) in [5.74, 6) is 0.318. The van der Waals surface area contributed by atoms with Gasteiger partial charge in [0.2, 0.25) is 0 Å². The van der Waals surface area contributed by atoms with Crippen molar-refractivity contribution in [2.45, 2.75) is 20.3 Å². The highest BCUT2D eigenvalue weighted by Crippen LogP contribution is 2.19. The molecule has 0 radical (unpaired) electrons. The monoisotopic (exact) mass is 220 g/mol. The Morgan fingerprint density at radius 1 is 1.43 bits per heavy atom. The first-order valence-corrected chi connectivity index (χ1v) is 6.78. The molecule has 4 heteroatoms. The molecule has 0 aliphatic carbocycles. The number of hydrogen-bond donors (Lipinski definition) is 1. The molecule has 0 rings (SSSR count). The SMILES string of the molecule is C=C(CS(C)(=O)=O)C(CO)CC(C)C. The van der Waals surface area contributed by atoms with Gasteiger partial charge in [-0.05, 0) is 12.3 Å². The van der Waals surface area contributed by atoms with Crippen molar-refractivity contribution < 1.29 is 13.5 Å². The first-order chi connectivity index (χ1) is 6.26. The molecule has 1 unspecified atom stereocenters. The van der Waals surface area contributed by atoms with Gasteiger partial charge in [0, 0.05) is 18.8 Å². The molecule has 0 fully saturated rings. The van der Waals surface area contributed by atoms with Crippen LogP contribution in [0.3, 0.4) is 0 Å². The number of hydrogen-bond acceptors (Lipinski definition) is 3. The lowest BCUT2D eigenvalue weighted by Gasteiger charge is -2.18. The number of rotatable bonds is 6. The van der Waals surface area contributed by atoms with Crippen LogP contribution >= 0.6 is 0 Å². The molecule has 0 aromatic heterocycles. The molecule has 14 heavy (non-hydrogen) atoms. The zero-order valence-corrected chi connectivity index (χ0v) is 9.97. The van der Waals surface area contributed by atoms with E-state index in [-0.39, 0.29) is 18.3 Å². The molecule has 0 aromatic carbocycles. The molecule has 1 atom stereocenters. The van der Waals surface area contributed by atoms with Crippen LogP contribution < -0.4 is 0 Å². The Bertz CT molecular complexity index is 278. The van der Waals surface area contributed by atoms with Crippen LogP contribution in [0.25, 0.3) is 0 Å². The molecular formula is C10H20O3S. The van der Waals surface area contributed by atoms with Gasteiger partial charge in [-0.1, -0.05) is 26.0 Å². The second-order valence-electron chi connectivity index (χ2n) is 4.24. The summed E-state index contributed by atoms with van der Waals surface area (Å²) in [5.41, 5.74) is 0.615. The summed E-state index contributed by atoms with van der Waals surface area (Å²) in [4.78, 5) is 0. The third-order valence-corrected chi connectivity index (χ3v) is 2.90. The fourth-order valence-electron chi connectivity index (χ4n) is 1.39. The Balaban J connectivity index is 4.33. The molecule has 1 N–H and O–H groups in total. The van der Waals surface area contributed by atoms with Gasteiger partial charge in [0.1, 0.15) is 0 Å². The van der Waals surface area contributed by atoms with Crippen molar-refractivity contribution in [1.29, 1.82) is 0 Å². The summed E-state index contributed by atoms with van der Waals surface area (Å²) in [6.07, 6.45) is 1.97. The van der Waals surface area contributed by atoms with E-state index in [0.717, 1.165) is 6.42 Å². The highest BCUT2D eigenvalue weighted by atomic mass is 32.2. The number of aliphatic hydroxyl groups excluding tert-OH is 1. The largest absolute Gasteiger partial charge is 0.396 e. The minimum Gasteiger partial charge on any atom is -0.396 e. The van der Waals surface area contributed by atoms with Gasteiger partial charge in [0.25, 0.3) is 0 Å². The summed E-state index contributed by atoms with van der Waals surface area (Å²) in [7, 11) is -3.02. The highest BCUT2D eigenvalue weighted by Gasteiger charge is 2.16. The molecule has 0 heterocycles. The Morgan fingerprint density at radius 2 is 1.93 bits per heavy atom. The molecule has 0 saturated carbocycles. The van der Waals surface area contributed by atoms with Gasteiger partial charge < -0.3 is 5.11 Å². The van der Waals surface area contributed by atoms with E-state index in [1.54, 1.807) is 0 Å². The average Bonchev–Trinajstić information content (AvgIpc) is 1.96. The van der Waals surface area contributed by atoms with Crippen LogP contribution in [0.1, 0.15) is 20.3 Å². The van der Waals surface area contributed by atoms with Crippen LogP contribution in [0.4, 0.5) is 0 Å². The maximum atomic E-state index is 11.0. The Kier molecular flexibility index (Phi) is 5.37. The van der Waals surface area contributed by atoms with Crippen LogP contribution in [0.15, 0.2) is 12.2 Å². The molecule has 0 amide bonds. The number of aliphatic hydroxyl groups is 1. The minimum atomic E-state index is -3.02. The van der Waals surface area contributed by atoms with E-state index in [9.17, 15) is 8.42 Å². The van der Waals surface area contributed by atoms with Crippen LogP contribution in [-0.2, 0) is 9.84 Å². The van der Waals surface area contributed by atoms with Crippen LogP contribution in [0.5, 0.6) is 0 Å². The first-order valence-electron chi connectivity index (χ1n) is 4.72. The number of sulfone groups is 1. The standard InChI is InChI=1S/C10H20O3S/c1-8(2)5-10(6-11)9(3)7-14(4,12)13/h8,10-11H,3,5-7H2,1-2,4H3. The Morgan fingerprint density at radius 3 is 2.21 bits per heavy atom. The third-order valence-electron chi connectivity index (χ3n) is 2.00. The quantitative estimate of drug-likeness (QED) is 0.685. The Hall–Kier alpha value is -0.350. The maximum absolute atomic E-state index is 11.0. The predicted molar refractivity (Wildman–Crippen MR) is 58.9 cm³/mol. The smallest absolute Gasteiger partial charge is 0.151 e.